The summed E-state index contributed by atoms with van der Waals surface area (Å²) in [5.41, 5.74) is 0.0220. The normalized spacial score (nSPS) is 18.8. The maximum Gasteiger partial charge on any atom is 0.294 e. The third kappa shape index (κ3) is 6.81. The van der Waals surface area contributed by atoms with Gasteiger partial charge in [-0.2, -0.15) is 13.7 Å². The van der Waals surface area contributed by atoms with E-state index in [1.807, 2.05) is 25.1 Å². The number of benzene rings is 1. The van der Waals surface area contributed by atoms with E-state index in [4.69, 9.17) is 4.55 Å². The van der Waals surface area contributed by atoms with Crippen LogP contribution in [0, 0.1) is 11.3 Å². The van der Waals surface area contributed by atoms with E-state index in [0.717, 1.165) is 12.1 Å². The lowest BCUT2D eigenvalue weighted by molar-refractivity contribution is -0.112. The molecule has 1 aromatic carbocycles. The van der Waals surface area contributed by atoms with Crippen LogP contribution in [-0.4, -0.2) is 81.8 Å². The fraction of sp³-hybridized carbons (Fsp3) is 0.444. The van der Waals surface area contributed by atoms with E-state index in [1.54, 1.807) is 4.90 Å². The summed E-state index contributed by atoms with van der Waals surface area (Å²) in [6.07, 6.45) is 1.79. The summed E-state index contributed by atoms with van der Waals surface area (Å²) in [5, 5.41) is 11.9. The lowest BCUT2D eigenvalue weighted by Gasteiger charge is -2.28. The van der Waals surface area contributed by atoms with Crippen molar-refractivity contribution in [2.75, 3.05) is 44.0 Å². The minimum atomic E-state index is -4.35. The van der Waals surface area contributed by atoms with Crippen LogP contribution < -0.4 is 5.32 Å². The van der Waals surface area contributed by atoms with Crippen LogP contribution in [0.1, 0.15) is 6.42 Å². The lowest BCUT2D eigenvalue weighted by Crippen LogP contribution is -2.37. The second-order valence-corrected chi connectivity index (χ2v) is 10.9. The maximum atomic E-state index is 12.5. The van der Waals surface area contributed by atoms with E-state index >= 15 is 0 Å². The van der Waals surface area contributed by atoms with Crippen LogP contribution in [0.4, 0.5) is 5.69 Å². The zero-order chi connectivity index (χ0) is 22.5. The predicted molar refractivity (Wildman–Crippen MR) is 111 cm³/mol. The molecule has 2 rings (SSSR count). The second kappa shape index (κ2) is 9.57. The highest BCUT2D eigenvalue weighted by molar-refractivity contribution is 7.91. The van der Waals surface area contributed by atoms with E-state index < -0.39 is 25.9 Å². The molecule has 1 heterocycles. The number of anilines is 1. The topological polar surface area (TPSA) is 148 Å². The smallest absolute Gasteiger partial charge is 0.294 e. The Morgan fingerprint density at radius 2 is 1.93 bits per heavy atom. The molecule has 1 fully saturated rings. The number of carbonyl (C=O) groups is 1. The molecule has 12 heteroatoms. The highest BCUT2D eigenvalue weighted by Crippen LogP contribution is 2.20. The molecule has 0 aliphatic carbocycles. The summed E-state index contributed by atoms with van der Waals surface area (Å²) in [6.45, 7) is 1.04. The molecule has 1 aromatic rings. The number of hydrogen-bond acceptors (Lipinski definition) is 8. The molecule has 1 amide bonds. The molecule has 1 atom stereocenters. The fourth-order valence-corrected chi connectivity index (χ4v) is 5.14. The first-order valence-electron chi connectivity index (χ1n) is 9.03. The molecule has 1 aliphatic rings. The Balaban J connectivity index is 2.20. The summed E-state index contributed by atoms with van der Waals surface area (Å²) < 4.78 is 54.9. The van der Waals surface area contributed by atoms with Crippen molar-refractivity contribution in [3.05, 3.63) is 36.0 Å². The highest BCUT2D eigenvalue weighted by atomic mass is 32.2. The van der Waals surface area contributed by atoms with Gasteiger partial charge in [0.25, 0.3) is 16.0 Å². The van der Waals surface area contributed by atoms with Crippen molar-refractivity contribution in [3.63, 3.8) is 0 Å². The average Bonchev–Trinajstić information content (AvgIpc) is 3.01. The number of likely N-dealkylation sites (N-methyl/N-ethyl adjacent to an activating group) is 1. The summed E-state index contributed by atoms with van der Waals surface area (Å²) in [6, 6.07) is 6.31. The Morgan fingerprint density at radius 1 is 1.30 bits per heavy atom. The minimum Gasteiger partial charge on any atom is -0.371 e. The number of carbonyl (C=O) groups excluding carboxylic acids is 1. The summed E-state index contributed by atoms with van der Waals surface area (Å²) in [5.74, 6) is -0.681. The highest BCUT2D eigenvalue weighted by Gasteiger charge is 2.31. The van der Waals surface area contributed by atoms with Crippen molar-refractivity contribution < 1.29 is 26.2 Å². The molecule has 0 radical (unpaired) electrons. The van der Waals surface area contributed by atoms with Crippen LogP contribution >= 0.6 is 0 Å². The van der Waals surface area contributed by atoms with Crippen molar-refractivity contribution in [2.24, 2.45) is 0 Å². The number of sulfone groups is 1. The van der Waals surface area contributed by atoms with Crippen LogP contribution in [0.25, 0.3) is 0 Å². The van der Waals surface area contributed by atoms with Crippen molar-refractivity contribution in [1.82, 2.24) is 9.80 Å². The van der Waals surface area contributed by atoms with Gasteiger partial charge in [0.15, 0.2) is 9.84 Å². The van der Waals surface area contributed by atoms with Gasteiger partial charge >= 0.3 is 0 Å². The first-order chi connectivity index (χ1) is 13.9. The number of nitriles is 1. The average molecular weight is 457 g/mol. The molecule has 164 valence electrons. The van der Waals surface area contributed by atoms with E-state index in [0.29, 0.717) is 19.5 Å². The largest absolute Gasteiger partial charge is 0.371 e. The molecule has 30 heavy (non-hydrogen) atoms. The van der Waals surface area contributed by atoms with Crippen molar-refractivity contribution in [2.45, 2.75) is 17.4 Å². The quantitative estimate of drug-likeness (QED) is 0.321. The van der Waals surface area contributed by atoms with E-state index in [2.05, 4.69) is 5.32 Å². The molecular weight excluding hydrogens is 432 g/mol. The van der Waals surface area contributed by atoms with Gasteiger partial charge in [-0.05, 0) is 44.8 Å². The molecule has 0 saturated carbocycles. The minimum absolute atomic E-state index is 0.0334. The summed E-state index contributed by atoms with van der Waals surface area (Å²) in [4.78, 5) is 15.8. The third-order valence-corrected chi connectivity index (χ3v) is 7.17. The second-order valence-electron chi connectivity index (χ2n) is 7.21. The number of amides is 1. The molecule has 1 aliphatic heterocycles. The standard InChI is InChI=1S/C18H24N4O6S2/c1-21(2)8-9-22(16-7-10-29(24,25)13-16)12-14(11-19)18(23)20-15-3-5-17(6-4-15)30(26,27)28/h3-6,12,16H,7-10,13H2,1-2H3,(H,20,23)(H,26,27,28)/b14-12-. The van der Waals surface area contributed by atoms with Gasteiger partial charge in [0.2, 0.25) is 0 Å². The van der Waals surface area contributed by atoms with Crippen LogP contribution in [0.15, 0.2) is 40.9 Å². The fourth-order valence-electron chi connectivity index (χ4n) is 2.92. The number of hydrogen-bond donors (Lipinski definition) is 2. The van der Waals surface area contributed by atoms with Crippen molar-refractivity contribution in [3.8, 4) is 6.07 Å². The third-order valence-electron chi connectivity index (χ3n) is 4.55. The Labute approximate surface area is 176 Å². The predicted octanol–water partition coefficient (Wildman–Crippen LogP) is 0.330. The Hall–Kier alpha value is -2.46. The number of nitrogens with one attached hydrogen (secondary N) is 1. The zero-order valence-electron chi connectivity index (χ0n) is 16.6. The first kappa shape index (κ1) is 23.8. The van der Waals surface area contributed by atoms with Gasteiger partial charge < -0.3 is 15.1 Å². The Kier molecular flexibility index (Phi) is 7.59. The van der Waals surface area contributed by atoms with Gasteiger partial charge in [0.1, 0.15) is 11.6 Å². The van der Waals surface area contributed by atoms with Crippen molar-refractivity contribution in [1.29, 1.82) is 5.26 Å². The Bertz CT molecular complexity index is 1060. The maximum absolute atomic E-state index is 12.5. The molecule has 0 bridgehead atoms. The Morgan fingerprint density at radius 3 is 2.40 bits per heavy atom. The van der Waals surface area contributed by atoms with E-state index in [-0.39, 0.29) is 33.7 Å². The number of nitrogens with zero attached hydrogens (tertiary/aromatic N) is 3. The monoisotopic (exact) mass is 456 g/mol. The molecule has 0 spiro atoms. The van der Waals surface area contributed by atoms with Gasteiger partial charge in [0, 0.05) is 31.0 Å². The van der Waals surface area contributed by atoms with E-state index in [9.17, 15) is 26.9 Å². The molecule has 10 nitrogen and oxygen atoms in total. The first-order valence-corrected chi connectivity index (χ1v) is 12.3. The lowest BCUT2D eigenvalue weighted by atomic mass is 10.2. The summed E-state index contributed by atoms with van der Waals surface area (Å²) in [7, 11) is -3.77. The number of rotatable bonds is 8. The van der Waals surface area contributed by atoms with Crippen LogP contribution in [-0.2, 0) is 24.7 Å². The molecular formula is C18H24N4O6S2. The molecule has 0 aromatic heterocycles. The van der Waals surface area contributed by atoms with Gasteiger partial charge in [-0.15, -0.1) is 0 Å². The van der Waals surface area contributed by atoms with Gasteiger partial charge in [-0.1, -0.05) is 0 Å². The molecule has 2 N–H and O–H groups in total. The zero-order valence-corrected chi connectivity index (χ0v) is 18.3. The SMILES string of the molecule is CN(C)CCN(/C=C(/C#N)C(=O)Nc1ccc(S(=O)(=O)O)cc1)C1CCS(=O)(=O)C1. The summed E-state index contributed by atoms with van der Waals surface area (Å²) >= 11 is 0. The molecule has 1 saturated heterocycles. The van der Waals surface area contributed by atoms with Crippen molar-refractivity contribution >= 4 is 31.5 Å². The van der Waals surface area contributed by atoms with Gasteiger partial charge in [-0.3, -0.25) is 9.35 Å². The molecule has 1 unspecified atom stereocenters. The van der Waals surface area contributed by atoms with Crippen LogP contribution in [0.2, 0.25) is 0 Å². The van der Waals surface area contributed by atoms with Gasteiger partial charge in [0.05, 0.1) is 16.4 Å². The van der Waals surface area contributed by atoms with E-state index in [1.165, 1.54) is 18.3 Å². The van der Waals surface area contributed by atoms with Crippen LogP contribution in [0.5, 0.6) is 0 Å². The van der Waals surface area contributed by atoms with Gasteiger partial charge in [-0.25, -0.2) is 8.42 Å². The van der Waals surface area contributed by atoms with Crippen LogP contribution in [0.3, 0.4) is 0 Å².